The highest BCUT2D eigenvalue weighted by Gasteiger charge is 2.12. The third-order valence-corrected chi connectivity index (χ3v) is 5.00. The Kier molecular flexibility index (Phi) is 5.18. The van der Waals surface area contributed by atoms with Crippen LogP contribution in [0.2, 0.25) is 0 Å². The van der Waals surface area contributed by atoms with Crippen LogP contribution in [0.5, 0.6) is 0 Å². The van der Waals surface area contributed by atoms with Gasteiger partial charge < -0.3 is 9.15 Å². The van der Waals surface area contributed by atoms with Gasteiger partial charge in [-0.1, -0.05) is 24.3 Å². The second kappa shape index (κ2) is 7.94. The van der Waals surface area contributed by atoms with Crippen LogP contribution < -0.4 is 11.2 Å². The van der Waals surface area contributed by atoms with Crippen molar-refractivity contribution in [1.29, 1.82) is 0 Å². The van der Waals surface area contributed by atoms with Gasteiger partial charge in [-0.05, 0) is 30.7 Å². The molecular formula is C23H20N2O5. The van der Waals surface area contributed by atoms with Gasteiger partial charge in [0.05, 0.1) is 17.3 Å². The molecule has 0 aliphatic heterocycles. The van der Waals surface area contributed by atoms with Crippen LogP contribution in [0.1, 0.15) is 23.4 Å². The molecule has 152 valence electrons. The summed E-state index contributed by atoms with van der Waals surface area (Å²) in [4.78, 5) is 41.0. The molecule has 4 aromatic rings. The maximum atomic E-state index is 12.5. The number of carbonyl (C=O) groups excluding carboxylic acids is 1. The van der Waals surface area contributed by atoms with Crippen LogP contribution in [0.25, 0.3) is 21.9 Å². The largest absolute Gasteiger partial charge is 0.461 e. The Balaban J connectivity index is 1.47. The molecule has 7 nitrogen and oxygen atoms in total. The van der Waals surface area contributed by atoms with Crippen molar-refractivity contribution in [2.45, 2.75) is 26.4 Å². The lowest BCUT2D eigenvalue weighted by molar-refractivity contribution is -0.144. The number of hydrogen-bond acceptors (Lipinski definition) is 6. The van der Waals surface area contributed by atoms with Crippen LogP contribution in [0.3, 0.4) is 0 Å². The standard InChI is InChI=1S/C23H20N2O5/c1-14-7-8-16-15(12-22(27)30-19(16)11-14)13-29-21(26)10-9-20-24-18-6-4-3-5-17(18)23(28)25(20)2/h3-8,11-12H,9-10,13H2,1-2H3. The number of nitrogens with zero attached hydrogens (tertiary/aromatic N) is 2. The van der Waals surface area contributed by atoms with Gasteiger partial charge in [0.2, 0.25) is 0 Å². The average molecular weight is 404 g/mol. The summed E-state index contributed by atoms with van der Waals surface area (Å²) >= 11 is 0. The quantitative estimate of drug-likeness (QED) is 0.375. The van der Waals surface area contributed by atoms with Crippen LogP contribution in [0.15, 0.2) is 62.5 Å². The van der Waals surface area contributed by atoms with Gasteiger partial charge in [0.25, 0.3) is 5.56 Å². The molecule has 30 heavy (non-hydrogen) atoms. The number of ether oxygens (including phenoxy) is 1. The minimum absolute atomic E-state index is 0.0337. The summed E-state index contributed by atoms with van der Waals surface area (Å²) in [5.74, 6) is 0.0721. The van der Waals surface area contributed by atoms with Crippen LogP contribution in [-0.2, 0) is 29.6 Å². The molecule has 0 amide bonds. The molecule has 0 saturated carbocycles. The van der Waals surface area contributed by atoms with E-state index in [9.17, 15) is 14.4 Å². The van der Waals surface area contributed by atoms with Crippen LogP contribution in [0, 0.1) is 6.92 Å². The second-order valence-electron chi connectivity index (χ2n) is 7.16. The zero-order valence-corrected chi connectivity index (χ0v) is 16.7. The van der Waals surface area contributed by atoms with Crippen molar-refractivity contribution in [1.82, 2.24) is 9.55 Å². The normalized spacial score (nSPS) is 11.1. The summed E-state index contributed by atoms with van der Waals surface area (Å²) in [6, 6.07) is 13.9. The van der Waals surface area contributed by atoms with Crippen molar-refractivity contribution in [3.8, 4) is 0 Å². The van der Waals surface area contributed by atoms with E-state index in [-0.39, 0.29) is 25.0 Å². The zero-order valence-electron chi connectivity index (χ0n) is 16.7. The van der Waals surface area contributed by atoms with Gasteiger partial charge >= 0.3 is 11.6 Å². The van der Waals surface area contributed by atoms with Crippen molar-refractivity contribution in [2.24, 2.45) is 7.05 Å². The van der Waals surface area contributed by atoms with Gasteiger partial charge in [-0.3, -0.25) is 14.2 Å². The van der Waals surface area contributed by atoms with E-state index in [2.05, 4.69) is 4.98 Å². The lowest BCUT2D eigenvalue weighted by atomic mass is 10.1. The average Bonchev–Trinajstić information content (AvgIpc) is 2.73. The van der Waals surface area contributed by atoms with E-state index < -0.39 is 11.6 Å². The van der Waals surface area contributed by atoms with Crippen LogP contribution >= 0.6 is 0 Å². The minimum Gasteiger partial charge on any atom is -0.461 e. The molecule has 0 unspecified atom stereocenters. The van der Waals surface area contributed by atoms with Gasteiger partial charge in [-0.15, -0.1) is 0 Å². The van der Waals surface area contributed by atoms with Crippen molar-refractivity contribution >= 4 is 27.8 Å². The Hall–Kier alpha value is -3.74. The highest BCUT2D eigenvalue weighted by Crippen LogP contribution is 2.19. The molecule has 7 heteroatoms. The molecule has 0 bridgehead atoms. The first-order valence-electron chi connectivity index (χ1n) is 9.56. The number of para-hydroxylation sites is 1. The van der Waals surface area contributed by atoms with E-state index >= 15 is 0 Å². The van der Waals surface area contributed by atoms with Crippen molar-refractivity contribution in [3.63, 3.8) is 0 Å². The van der Waals surface area contributed by atoms with Crippen molar-refractivity contribution in [3.05, 3.63) is 86.3 Å². The highest BCUT2D eigenvalue weighted by molar-refractivity contribution is 5.81. The first-order valence-corrected chi connectivity index (χ1v) is 9.56. The molecule has 0 spiro atoms. The highest BCUT2D eigenvalue weighted by atomic mass is 16.5. The number of carbonyl (C=O) groups is 1. The van der Waals surface area contributed by atoms with Gasteiger partial charge in [0, 0.05) is 30.5 Å². The third-order valence-electron chi connectivity index (χ3n) is 5.00. The predicted octanol–water partition coefficient (Wildman–Crippen LogP) is 3.02. The van der Waals surface area contributed by atoms with E-state index in [1.165, 1.54) is 10.6 Å². The maximum Gasteiger partial charge on any atom is 0.336 e. The van der Waals surface area contributed by atoms with Gasteiger partial charge in [0.15, 0.2) is 0 Å². The van der Waals surface area contributed by atoms with Gasteiger partial charge in [-0.2, -0.15) is 0 Å². The van der Waals surface area contributed by atoms with E-state index in [0.717, 1.165) is 10.9 Å². The minimum atomic E-state index is -0.491. The molecule has 2 aromatic heterocycles. The Labute approximate surface area is 171 Å². The number of fused-ring (bicyclic) bond motifs is 2. The second-order valence-corrected chi connectivity index (χ2v) is 7.16. The summed E-state index contributed by atoms with van der Waals surface area (Å²) in [5.41, 5.74) is 1.97. The molecule has 0 aliphatic rings. The van der Waals surface area contributed by atoms with Crippen LogP contribution in [0.4, 0.5) is 0 Å². The van der Waals surface area contributed by atoms with E-state index in [0.29, 0.717) is 27.9 Å². The summed E-state index contributed by atoms with van der Waals surface area (Å²) < 4.78 is 12.0. The topological polar surface area (TPSA) is 91.4 Å². The molecule has 0 fully saturated rings. The predicted molar refractivity (Wildman–Crippen MR) is 112 cm³/mol. The van der Waals surface area contributed by atoms with E-state index in [1.807, 2.05) is 25.1 Å². The lowest BCUT2D eigenvalue weighted by Crippen LogP contribution is -2.23. The lowest BCUT2D eigenvalue weighted by Gasteiger charge is -2.10. The van der Waals surface area contributed by atoms with E-state index in [4.69, 9.17) is 9.15 Å². The molecule has 0 radical (unpaired) electrons. The maximum absolute atomic E-state index is 12.5. The smallest absolute Gasteiger partial charge is 0.336 e. The number of aryl methyl sites for hydroxylation is 2. The fraction of sp³-hybridized carbons (Fsp3) is 0.217. The number of esters is 1. The fourth-order valence-electron chi connectivity index (χ4n) is 3.39. The number of benzene rings is 2. The first kappa shape index (κ1) is 19.6. The van der Waals surface area contributed by atoms with Crippen molar-refractivity contribution in [2.75, 3.05) is 0 Å². The van der Waals surface area contributed by atoms with Crippen LogP contribution in [-0.4, -0.2) is 15.5 Å². The summed E-state index contributed by atoms with van der Waals surface area (Å²) in [6.07, 6.45) is 0.337. The van der Waals surface area contributed by atoms with Gasteiger partial charge in [-0.25, -0.2) is 9.78 Å². The zero-order chi connectivity index (χ0) is 21.3. The third kappa shape index (κ3) is 3.87. The molecule has 0 N–H and O–H groups in total. The molecule has 2 aromatic carbocycles. The molecule has 0 saturated heterocycles. The van der Waals surface area contributed by atoms with E-state index in [1.54, 1.807) is 31.3 Å². The molecule has 4 rings (SSSR count). The Morgan fingerprint density at radius 1 is 1.10 bits per heavy atom. The Morgan fingerprint density at radius 2 is 1.90 bits per heavy atom. The Morgan fingerprint density at radius 3 is 2.73 bits per heavy atom. The summed E-state index contributed by atoms with van der Waals surface area (Å²) in [7, 11) is 1.64. The van der Waals surface area contributed by atoms with Crippen molar-refractivity contribution < 1.29 is 13.9 Å². The summed E-state index contributed by atoms with van der Waals surface area (Å²) in [5, 5.41) is 1.27. The first-order chi connectivity index (χ1) is 14.4. The molecule has 2 heterocycles. The monoisotopic (exact) mass is 404 g/mol. The number of aromatic nitrogens is 2. The molecular weight excluding hydrogens is 384 g/mol. The fourth-order valence-corrected chi connectivity index (χ4v) is 3.39. The Bertz CT molecular complexity index is 1380. The SMILES string of the molecule is Cc1ccc2c(COC(=O)CCc3nc4ccccc4c(=O)n3C)cc(=O)oc2c1. The summed E-state index contributed by atoms with van der Waals surface area (Å²) in [6.45, 7) is 1.87. The number of rotatable bonds is 5. The molecule has 0 atom stereocenters. The van der Waals surface area contributed by atoms with Gasteiger partial charge in [0.1, 0.15) is 18.0 Å². The number of hydrogen-bond donors (Lipinski definition) is 0. The molecule has 0 aliphatic carbocycles.